The molecule has 0 bridgehead atoms. The highest BCUT2D eigenvalue weighted by atomic mass is 35.5. The number of hydrogen-bond acceptors (Lipinski definition) is 16. The molecule has 0 aliphatic carbocycles. The lowest BCUT2D eigenvalue weighted by Crippen LogP contribution is -2.38. The number of benzene rings is 6. The highest BCUT2D eigenvalue weighted by Crippen LogP contribution is 2.42. The van der Waals surface area contributed by atoms with Gasteiger partial charge in [0.1, 0.15) is 78.1 Å². The number of halogens is 10. The summed E-state index contributed by atoms with van der Waals surface area (Å²) in [6, 6.07) is 24.5. The number of amides is 1. The van der Waals surface area contributed by atoms with Gasteiger partial charge in [0.2, 0.25) is 5.28 Å². The Labute approximate surface area is 545 Å². The van der Waals surface area contributed by atoms with Gasteiger partial charge in [0.05, 0.1) is 72.0 Å². The number of ether oxygens (including phenoxy) is 3. The average Bonchev–Trinajstić information content (AvgIpc) is 0.804. The summed E-state index contributed by atoms with van der Waals surface area (Å²) in [5, 5.41) is 17.0. The molecule has 6 heterocycles. The molecule has 6 aromatic carbocycles. The second-order valence-corrected chi connectivity index (χ2v) is 22.8. The number of hydrogen-bond donors (Lipinski definition) is 2. The van der Waals surface area contributed by atoms with E-state index in [9.17, 15) is 44.3 Å². The smallest absolute Gasteiger partial charge is 0.251 e. The van der Waals surface area contributed by atoms with Gasteiger partial charge < -0.3 is 40.4 Å². The van der Waals surface area contributed by atoms with Crippen molar-refractivity contribution in [1.82, 2.24) is 29.9 Å². The first-order valence-electron chi connectivity index (χ1n) is 29.5. The molecule has 0 unspecified atom stereocenters. The maximum Gasteiger partial charge on any atom is 0.251 e. The first kappa shape index (κ1) is 68.6. The van der Waals surface area contributed by atoms with Crippen LogP contribution >= 0.6 is 11.6 Å². The number of rotatable bonds is 11. The zero-order chi connectivity index (χ0) is 68.5. The highest BCUT2D eigenvalue weighted by Gasteiger charge is 2.29. The number of anilines is 4. The quantitative estimate of drug-likeness (QED) is 0.0696. The average molecular weight is 1330 g/mol. The zero-order valence-corrected chi connectivity index (χ0v) is 52.5. The molecule has 0 radical (unpaired) electrons. The van der Waals surface area contributed by atoms with Gasteiger partial charge in [0, 0.05) is 53.3 Å². The SMILES string of the molecule is CC(C)N1CCOc2c(F)cc(-c3nc(Cc4ccc(C#N)c(F)c4)ncc3F)cc21.CC(C)N1CCOc2c(F)cc(-c3nc(Cc4ccc(C(N)=O)c(F)c4)ncc3F)cc21.CC(C)N1CCOc2c(F)cc(-c3nc(Cl)ncc3F)cc21.N#Cc1ccc(N)cc1F. The lowest BCUT2D eigenvalue weighted by molar-refractivity contribution is 0.0996. The van der Waals surface area contributed by atoms with Crippen molar-refractivity contribution >= 4 is 40.3 Å². The Balaban J connectivity index is 0.000000158. The molecule has 1 amide bonds. The second kappa shape index (κ2) is 29.9. The second-order valence-electron chi connectivity index (χ2n) is 22.4. The summed E-state index contributed by atoms with van der Waals surface area (Å²) in [6.07, 6.45) is 3.20. The van der Waals surface area contributed by atoms with Crippen molar-refractivity contribution in [3.8, 4) is 63.2 Å². The standard InChI is InChI=1S/C23H21F3N4O2.C23H19F3N4O.C15H14ClF2N3O.C7H5FN2/c1-12(2)30-5-6-32-22-17(25)9-14(10-19(22)30)21-18(26)11-28-20(29-21)8-13-3-4-15(23(27)31)16(24)7-13;1-13(2)30-5-6-31-23-18(25)9-16(10-20(23)30)22-19(26)12-28-21(29-22)8-14-3-4-15(11-27)17(24)7-14;1-8(2)21-3-4-22-14-10(17)5-9(6-12(14)21)13-11(18)7-19-15(16)20-13;8-7-3-6(10)2-1-5(7)4-9/h3-4,7,9-12H,5-6,8H2,1-2H3,(H2,27,31);3-4,7,9-10,12-13H,5-6,8H2,1-2H3;5-8H,3-4H2,1-2H3;1-3H,10H2. The van der Waals surface area contributed by atoms with Crippen LogP contribution in [-0.4, -0.2) is 93.4 Å². The molecule has 490 valence electrons. The van der Waals surface area contributed by atoms with Crippen molar-refractivity contribution in [3.63, 3.8) is 0 Å². The predicted molar refractivity (Wildman–Crippen MR) is 338 cm³/mol. The third kappa shape index (κ3) is 16.0. The molecular formula is C68H59ClF9N13O4. The molecule has 3 aliphatic rings. The fraction of sp³-hybridized carbons (Fsp3) is 0.250. The molecular weight excluding hydrogens is 1270 g/mol. The number of aromatic nitrogens is 6. The Hall–Kier alpha value is -10.7. The minimum atomic E-state index is -0.872. The molecule has 3 aliphatic heterocycles. The summed E-state index contributed by atoms with van der Waals surface area (Å²) in [4.78, 5) is 41.1. The van der Waals surface area contributed by atoms with E-state index in [1.165, 1.54) is 54.6 Å². The summed E-state index contributed by atoms with van der Waals surface area (Å²) in [7, 11) is 0. The Bertz CT molecular complexity index is 4460. The van der Waals surface area contributed by atoms with Crippen LogP contribution in [0.25, 0.3) is 33.8 Å². The molecule has 9 aromatic rings. The number of carbonyl (C=O) groups is 1. The number of nitrogen functional groups attached to an aromatic ring is 1. The molecule has 0 saturated carbocycles. The summed E-state index contributed by atoms with van der Waals surface area (Å²) in [6.45, 7) is 14.9. The third-order valence-corrected chi connectivity index (χ3v) is 15.2. The fourth-order valence-electron chi connectivity index (χ4n) is 10.5. The van der Waals surface area contributed by atoms with E-state index < -0.39 is 58.3 Å². The van der Waals surface area contributed by atoms with Crippen molar-refractivity contribution in [3.05, 3.63) is 207 Å². The van der Waals surface area contributed by atoms with E-state index >= 15 is 0 Å². The molecule has 0 fully saturated rings. The van der Waals surface area contributed by atoms with Crippen molar-refractivity contribution in [2.45, 2.75) is 72.5 Å². The first-order chi connectivity index (χ1) is 45.3. The lowest BCUT2D eigenvalue weighted by atomic mass is 10.1. The van der Waals surface area contributed by atoms with Gasteiger partial charge in [-0.05, 0) is 143 Å². The molecule has 27 heteroatoms. The summed E-state index contributed by atoms with van der Waals surface area (Å²) < 4.78 is 144. The monoisotopic (exact) mass is 1330 g/mol. The van der Waals surface area contributed by atoms with E-state index in [2.05, 4.69) is 29.9 Å². The molecule has 0 saturated heterocycles. The normalized spacial score (nSPS) is 12.8. The van der Waals surface area contributed by atoms with Gasteiger partial charge in [-0.15, -0.1) is 0 Å². The lowest BCUT2D eigenvalue weighted by Gasteiger charge is -2.34. The van der Waals surface area contributed by atoms with Gasteiger partial charge in [-0.1, -0.05) is 12.1 Å². The molecule has 0 spiro atoms. The predicted octanol–water partition coefficient (Wildman–Crippen LogP) is 13.5. The Morgan fingerprint density at radius 3 is 1.23 bits per heavy atom. The summed E-state index contributed by atoms with van der Waals surface area (Å²) >= 11 is 5.71. The van der Waals surface area contributed by atoms with Gasteiger partial charge in [0.25, 0.3) is 5.91 Å². The minimum absolute atomic E-state index is 0.0224. The van der Waals surface area contributed by atoms with Crippen molar-refractivity contribution < 1.29 is 58.5 Å². The fourth-order valence-corrected chi connectivity index (χ4v) is 10.6. The number of fused-ring (bicyclic) bond motifs is 3. The number of nitriles is 2. The van der Waals surface area contributed by atoms with Crippen LogP contribution in [0.2, 0.25) is 5.28 Å². The molecule has 17 nitrogen and oxygen atoms in total. The molecule has 12 rings (SSSR count). The summed E-state index contributed by atoms with van der Waals surface area (Å²) in [5.41, 5.74) is 13.7. The van der Waals surface area contributed by atoms with Crippen LogP contribution in [0.5, 0.6) is 17.2 Å². The highest BCUT2D eigenvalue weighted by molar-refractivity contribution is 6.28. The van der Waals surface area contributed by atoms with E-state index in [0.717, 1.165) is 30.7 Å². The van der Waals surface area contributed by atoms with Crippen LogP contribution in [0, 0.1) is 75.0 Å². The Kier molecular flexibility index (Phi) is 21.6. The van der Waals surface area contributed by atoms with Crippen LogP contribution in [0.4, 0.5) is 62.3 Å². The number of nitrogens with two attached hydrogens (primary N) is 2. The molecule has 3 aromatic heterocycles. The Morgan fingerprint density at radius 1 is 0.495 bits per heavy atom. The molecule has 95 heavy (non-hydrogen) atoms. The van der Waals surface area contributed by atoms with Gasteiger partial charge in [0.15, 0.2) is 52.2 Å². The maximum absolute atomic E-state index is 14.8. The number of carbonyl (C=O) groups excluding carboxylic acids is 1. The van der Waals surface area contributed by atoms with E-state index in [1.807, 2.05) is 56.2 Å². The molecule has 0 atom stereocenters. The minimum Gasteiger partial charge on any atom is -0.486 e. The van der Waals surface area contributed by atoms with Crippen LogP contribution in [0.15, 0.2) is 110 Å². The molecule has 4 N–H and O–H groups in total. The van der Waals surface area contributed by atoms with Gasteiger partial charge >= 0.3 is 0 Å². The van der Waals surface area contributed by atoms with Crippen molar-refractivity contribution in [2.24, 2.45) is 5.73 Å². The number of nitrogens with zero attached hydrogens (tertiary/aromatic N) is 11. The van der Waals surface area contributed by atoms with Crippen molar-refractivity contribution in [2.75, 3.05) is 59.9 Å². The van der Waals surface area contributed by atoms with Crippen LogP contribution < -0.4 is 40.4 Å². The van der Waals surface area contributed by atoms with E-state index in [0.29, 0.717) is 78.9 Å². The summed E-state index contributed by atoms with van der Waals surface area (Å²) in [5.74, 6) is -5.73. The topological polar surface area (TPSA) is 231 Å². The van der Waals surface area contributed by atoms with Crippen LogP contribution in [-0.2, 0) is 12.8 Å². The van der Waals surface area contributed by atoms with E-state index in [4.69, 9.17) is 47.8 Å². The first-order valence-corrected chi connectivity index (χ1v) is 29.8. The largest absolute Gasteiger partial charge is 0.486 e. The van der Waals surface area contributed by atoms with E-state index in [1.54, 1.807) is 36.4 Å². The van der Waals surface area contributed by atoms with Gasteiger partial charge in [-0.3, -0.25) is 4.79 Å². The Morgan fingerprint density at radius 2 is 0.863 bits per heavy atom. The van der Waals surface area contributed by atoms with Crippen LogP contribution in [0.3, 0.4) is 0 Å². The maximum atomic E-state index is 14.8. The van der Waals surface area contributed by atoms with Gasteiger partial charge in [-0.25, -0.2) is 69.4 Å². The van der Waals surface area contributed by atoms with Crippen molar-refractivity contribution in [1.29, 1.82) is 10.5 Å². The zero-order valence-electron chi connectivity index (χ0n) is 51.8. The third-order valence-electron chi connectivity index (χ3n) is 15.0. The van der Waals surface area contributed by atoms with Gasteiger partial charge in [-0.2, -0.15) is 10.5 Å². The van der Waals surface area contributed by atoms with Crippen LogP contribution in [0.1, 0.15) is 85.8 Å². The van der Waals surface area contributed by atoms with E-state index in [-0.39, 0.29) is 110 Å². The number of primary amides is 1.